The maximum absolute atomic E-state index is 2.51. The second kappa shape index (κ2) is 5.38. The predicted octanol–water partition coefficient (Wildman–Crippen LogP) is 5.79. The highest BCUT2D eigenvalue weighted by Gasteiger charge is 2.41. The summed E-state index contributed by atoms with van der Waals surface area (Å²) in [5, 5.41) is 1.09. The van der Waals surface area contributed by atoms with Gasteiger partial charge < -0.3 is 0 Å². The quantitative estimate of drug-likeness (QED) is 0.550. The van der Waals surface area contributed by atoms with Crippen molar-refractivity contribution in [3.05, 3.63) is 0 Å². The monoisotopic (exact) mass is 242 g/mol. The van der Waals surface area contributed by atoms with E-state index >= 15 is 0 Å². The molecule has 0 nitrogen and oxygen atoms in total. The molecule has 0 aromatic heterocycles. The van der Waals surface area contributed by atoms with Gasteiger partial charge in [-0.25, -0.2) is 0 Å². The molecule has 0 aliphatic heterocycles. The fraction of sp³-hybridized carbons (Fsp3) is 1.00. The first-order valence-corrected chi connectivity index (χ1v) is 8.49. The first-order chi connectivity index (χ1) is 7.29. The second-order valence-electron chi connectivity index (χ2n) is 7.00. The van der Waals surface area contributed by atoms with Crippen LogP contribution in [-0.2, 0) is 0 Å². The highest BCUT2D eigenvalue weighted by Crippen LogP contribution is 2.66. The van der Waals surface area contributed by atoms with Crippen molar-refractivity contribution in [3.63, 3.8) is 0 Å². The van der Waals surface area contributed by atoms with Crippen molar-refractivity contribution < 1.29 is 0 Å². The van der Waals surface area contributed by atoms with Crippen LogP contribution in [0.1, 0.15) is 80.1 Å². The third-order valence-corrected chi connectivity index (χ3v) is 8.49. The molecule has 1 aliphatic carbocycles. The van der Waals surface area contributed by atoms with E-state index in [9.17, 15) is 0 Å². The van der Waals surface area contributed by atoms with Crippen molar-refractivity contribution in [1.29, 1.82) is 0 Å². The van der Waals surface area contributed by atoms with Crippen LogP contribution in [-0.4, -0.2) is 16.0 Å². The Hall–Kier alpha value is 0.430. The van der Waals surface area contributed by atoms with Crippen LogP contribution in [0.25, 0.3) is 0 Å². The Morgan fingerprint density at radius 1 is 0.938 bits per heavy atom. The summed E-state index contributed by atoms with van der Waals surface area (Å²) in [5.74, 6) is 0. The lowest BCUT2D eigenvalue weighted by atomic mass is 10.0. The van der Waals surface area contributed by atoms with Gasteiger partial charge in [-0.15, -0.1) is 0 Å². The molecular formula is C15H31P. The standard InChI is InChI=1S/C15H31P/c1-7-15(5,6)16(14(2,3)4)13-11-9-8-10-12-13/h13H,7-12H2,1-6H3. The van der Waals surface area contributed by atoms with E-state index in [0.717, 1.165) is 5.66 Å². The first kappa shape index (κ1) is 14.5. The summed E-state index contributed by atoms with van der Waals surface area (Å²) in [6.07, 6.45) is 8.81. The molecule has 0 amide bonds. The molecule has 1 heteroatoms. The van der Waals surface area contributed by atoms with Gasteiger partial charge in [0.05, 0.1) is 0 Å². The topological polar surface area (TPSA) is 0 Å². The molecule has 0 bridgehead atoms. The van der Waals surface area contributed by atoms with Gasteiger partial charge in [0, 0.05) is 0 Å². The van der Waals surface area contributed by atoms with Crippen molar-refractivity contribution in [2.75, 3.05) is 0 Å². The average molecular weight is 242 g/mol. The van der Waals surface area contributed by atoms with Crippen LogP contribution >= 0.6 is 7.92 Å². The summed E-state index contributed by atoms with van der Waals surface area (Å²) < 4.78 is 0. The van der Waals surface area contributed by atoms with Gasteiger partial charge in [-0.1, -0.05) is 68.7 Å². The molecule has 1 saturated carbocycles. The molecule has 1 unspecified atom stereocenters. The maximum Gasteiger partial charge on any atom is -0.0146 e. The zero-order valence-corrected chi connectivity index (χ0v) is 13.2. The average Bonchev–Trinajstić information content (AvgIpc) is 2.17. The number of rotatable bonds is 3. The molecule has 0 aromatic rings. The molecule has 0 saturated heterocycles. The van der Waals surface area contributed by atoms with Crippen LogP contribution < -0.4 is 0 Å². The van der Waals surface area contributed by atoms with E-state index in [0.29, 0.717) is 10.3 Å². The van der Waals surface area contributed by atoms with E-state index < -0.39 is 0 Å². The zero-order valence-electron chi connectivity index (χ0n) is 12.3. The third kappa shape index (κ3) is 3.46. The Bertz CT molecular complexity index is 206. The van der Waals surface area contributed by atoms with E-state index in [-0.39, 0.29) is 7.92 Å². The maximum atomic E-state index is 2.51. The summed E-state index contributed by atoms with van der Waals surface area (Å²) in [6.45, 7) is 14.8. The summed E-state index contributed by atoms with van der Waals surface area (Å²) in [5.41, 5.74) is 1.04. The molecule has 96 valence electrons. The molecule has 1 atom stereocenters. The first-order valence-electron chi connectivity index (χ1n) is 7.08. The Balaban J connectivity index is 2.86. The van der Waals surface area contributed by atoms with Crippen LogP contribution in [0.4, 0.5) is 0 Å². The van der Waals surface area contributed by atoms with E-state index in [1.54, 1.807) is 0 Å². The van der Waals surface area contributed by atoms with Gasteiger partial charge in [-0.2, -0.15) is 0 Å². The van der Waals surface area contributed by atoms with Crippen molar-refractivity contribution in [1.82, 2.24) is 0 Å². The van der Waals surface area contributed by atoms with Gasteiger partial charge in [0.25, 0.3) is 0 Å². The van der Waals surface area contributed by atoms with Crippen LogP contribution in [0.15, 0.2) is 0 Å². The van der Waals surface area contributed by atoms with Crippen molar-refractivity contribution >= 4 is 7.92 Å². The summed E-state index contributed by atoms with van der Waals surface area (Å²) >= 11 is 0. The second-order valence-corrected chi connectivity index (χ2v) is 11.0. The van der Waals surface area contributed by atoms with E-state index in [1.165, 1.54) is 38.5 Å². The molecule has 1 fully saturated rings. The van der Waals surface area contributed by atoms with Gasteiger partial charge >= 0.3 is 0 Å². The Kier molecular flexibility index (Phi) is 4.88. The lowest BCUT2D eigenvalue weighted by molar-refractivity contribution is 0.493. The van der Waals surface area contributed by atoms with Crippen molar-refractivity contribution in [2.45, 2.75) is 96.0 Å². The molecule has 0 aromatic carbocycles. The van der Waals surface area contributed by atoms with Gasteiger partial charge in [0.15, 0.2) is 0 Å². The number of hydrogen-bond acceptors (Lipinski definition) is 0. The van der Waals surface area contributed by atoms with E-state index in [2.05, 4.69) is 41.5 Å². The SMILES string of the molecule is CCC(C)(C)P(C1CCCCC1)C(C)(C)C. The largest absolute Gasteiger partial charge is 0.0922 e. The highest BCUT2D eigenvalue weighted by atomic mass is 31.1. The van der Waals surface area contributed by atoms with Gasteiger partial charge in [0.2, 0.25) is 0 Å². The predicted molar refractivity (Wildman–Crippen MR) is 77.9 cm³/mol. The van der Waals surface area contributed by atoms with Gasteiger partial charge in [0.1, 0.15) is 0 Å². The lowest BCUT2D eigenvalue weighted by Gasteiger charge is -2.49. The highest BCUT2D eigenvalue weighted by molar-refractivity contribution is 7.61. The van der Waals surface area contributed by atoms with Crippen LogP contribution in [0.3, 0.4) is 0 Å². The minimum absolute atomic E-state index is 0.137. The van der Waals surface area contributed by atoms with Crippen LogP contribution in [0.5, 0.6) is 0 Å². The Labute approximate surface area is 104 Å². The molecule has 0 heterocycles. The van der Waals surface area contributed by atoms with Gasteiger partial charge in [-0.3, -0.25) is 0 Å². The Morgan fingerprint density at radius 3 is 1.81 bits per heavy atom. The van der Waals surface area contributed by atoms with Crippen LogP contribution in [0.2, 0.25) is 0 Å². The van der Waals surface area contributed by atoms with Crippen molar-refractivity contribution in [3.8, 4) is 0 Å². The summed E-state index contributed by atoms with van der Waals surface area (Å²) in [6, 6.07) is 0. The Morgan fingerprint density at radius 2 is 1.44 bits per heavy atom. The minimum atomic E-state index is 0.137. The van der Waals surface area contributed by atoms with E-state index in [4.69, 9.17) is 0 Å². The van der Waals surface area contributed by atoms with E-state index in [1.807, 2.05) is 0 Å². The minimum Gasteiger partial charge on any atom is -0.0922 e. The molecule has 16 heavy (non-hydrogen) atoms. The van der Waals surface area contributed by atoms with Gasteiger partial charge in [-0.05, 0) is 35.2 Å². The molecule has 0 radical (unpaired) electrons. The third-order valence-electron chi connectivity index (χ3n) is 4.18. The lowest BCUT2D eigenvalue weighted by Crippen LogP contribution is -2.34. The molecule has 0 spiro atoms. The number of hydrogen-bond donors (Lipinski definition) is 0. The fourth-order valence-electron chi connectivity index (χ4n) is 3.46. The molecule has 0 N–H and O–H groups in total. The summed E-state index contributed by atoms with van der Waals surface area (Å²) in [4.78, 5) is 0. The molecule has 1 aliphatic rings. The van der Waals surface area contributed by atoms with Crippen LogP contribution in [0, 0.1) is 0 Å². The normalized spacial score (nSPS) is 22.1. The fourth-order valence-corrected chi connectivity index (χ4v) is 8.58. The summed E-state index contributed by atoms with van der Waals surface area (Å²) in [7, 11) is 0.137. The molecule has 1 rings (SSSR count). The van der Waals surface area contributed by atoms with Crippen molar-refractivity contribution in [2.24, 2.45) is 0 Å². The molecular weight excluding hydrogens is 211 g/mol. The zero-order chi connectivity index (χ0) is 12.4. The smallest absolute Gasteiger partial charge is 0.0146 e.